The van der Waals surface area contributed by atoms with Gasteiger partial charge in [0.1, 0.15) is 0 Å². The van der Waals surface area contributed by atoms with Crippen LogP contribution in [0.15, 0.2) is 24.3 Å². The van der Waals surface area contributed by atoms with Crippen molar-refractivity contribution in [3.63, 3.8) is 0 Å². The Hall–Kier alpha value is -1.00. The maximum atomic E-state index is 12.1. The summed E-state index contributed by atoms with van der Waals surface area (Å²) in [7, 11) is 0. The summed E-state index contributed by atoms with van der Waals surface area (Å²) in [4.78, 5) is 14.5. The molecule has 0 fully saturated rings. The van der Waals surface area contributed by atoms with Gasteiger partial charge in [0.25, 0.3) is 0 Å². The molecule has 1 rings (SSSR count). The first-order valence-corrected chi connectivity index (χ1v) is 9.43. The summed E-state index contributed by atoms with van der Waals surface area (Å²) in [5, 5.41) is 3.55. The molecule has 0 atom stereocenters. The molecule has 22 heavy (non-hydrogen) atoms. The van der Waals surface area contributed by atoms with Crippen LogP contribution in [-0.4, -0.2) is 41.9 Å². The minimum absolute atomic E-state index is 0.180. The van der Waals surface area contributed by atoms with E-state index in [1.165, 1.54) is 24.6 Å². The Labute approximate surface area is 139 Å². The summed E-state index contributed by atoms with van der Waals surface area (Å²) in [6.45, 7) is 10.8. The van der Waals surface area contributed by atoms with Crippen molar-refractivity contribution in [2.45, 2.75) is 40.0 Å². The SMILES string of the molecule is CCCCNc1ccc(C(=O)SCCCN(CC)CC)cc1. The number of unbranched alkanes of at least 4 members (excludes halogenated alkanes) is 1. The molecule has 0 saturated heterocycles. The number of thioether (sulfide) groups is 1. The van der Waals surface area contributed by atoms with Crippen molar-refractivity contribution in [3.8, 4) is 0 Å². The third kappa shape index (κ3) is 7.32. The minimum Gasteiger partial charge on any atom is -0.385 e. The molecule has 1 aromatic rings. The van der Waals surface area contributed by atoms with Gasteiger partial charge in [0.05, 0.1) is 0 Å². The van der Waals surface area contributed by atoms with E-state index in [2.05, 4.69) is 31.0 Å². The van der Waals surface area contributed by atoms with Crippen LogP contribution >= 0.6 is 11.8 Å². The number of hydrogen-bond acceptors (Lipinski definition) is 4. The lowest BCUT2D eigenvalue weighted by Gasteiger charge is -2.17. The number of benzene rings is 1. The average molecular weight is 323 g/mol. The zero-order valence-electron chi connectivity index (χ0n) is 14.2. The molecule has 0 heterocycles. The van der Waals surface area contributed by atoms with E-state index in [1.807, 2.05) is 24.3 Å². The molecule has 0 aliphatic rings. The molecular weight excluding hydrogens is 292 g/mol. The third-order valence-electron chi connectivity index (χ3n) is 3.73. The smallest absolute Gasteiger partial charge is 0.219 e. The van der Waals surface area contributed by atoms with E-state index in [4.69, 9.17) is 0 Å². The van der Waals surface area contributed by atoms with Gasteiger partial charge >= 0.3 is 0 Å². The lowest BCUT2D eigenvalue weighted by molar-refractivity contribution is 0.108. The Balaban J connectivity index is 2.30. The van der Waals surface area contributed by atoms with Gasteiger partial charge in [0.2, 0.25) is 5.12 Å². The van der Waals surface area contributed by atoms with Gasteiger partial charge in [-0.2, -0.15) is 0 Å². The number of hydrogen-bond donors (Lipinski definition) is 1. The number of carbonyl (C=O) groups excluding carboxylic acids is 1. The standard InChI is InChI=1S/C18H30N2OS/c1-4-7-13-19-17-11-9-16(10-12-17)18(21)22-15-8-14-20(5-2)6-3/h9-12,19H,4-8,13-15H2,1-3H3. The van der Waals surface area contributed by atoms with Crippen LogP contribution in [0.2, 0.25) is 0 Å². The molecule has 0 aliphatic carbocycles. The first-order chi connectivity index (χ1) is 10.7. The van der Waals surface area contributed by atoms with E-state index < -0.39 is 0 Å². The second-order valence-corrected chi connectivity index (χ2v) is 6.44. The lowest BCUT2D eigenvalue weighted by Crippen LogP contribution is -2.24. The van der Waals surface area contributed by atoms with Crippen molar-refractivity contribution in [3.05, 3.63) is 29.8 Å². The summed E-state index contributed by atoms with van der Waals surface area (Å²) >= 11 is 1.43. The molecule has 0 spiro atoms. The van der Waals surface area contributed by atoms with Crippen LogP contribution in [0.5, 0.6) is 0 Å². The van der Waals surface area contributed by atoms with E-state index in [-0.39, 0.29) is 5.12 Å². The van der Waals surface area contributed by atoms with Crippen LogP contribution in [0.25, 0.3) is 0 Å². The van der Waals surface area contributed by atoms with Gasteiger partial charge in [-0.15, -0.1) is 0 Å². The van der Waals surface area contributed by atoms with Crippen molar-refractivity contribution in [1.29, 1.82) is 0 Å². The predicted molar refractivity (Wildman–Crippen MR) is 99.0 cm³/mol. The largest absolute Gasteiger partial charge is 0.385 e. The molecule has 0 bridgehead atoms. The van der Waals surface area contributed by atoms with Crippen molar-refractivity contribution >= 4 is 22.6 Å². The van der Waals surface area contributed by atoms with E-state index in [9.17, 15) is 4.79 Å². The molecule has 1 aromatic carbocycles. The van der Waals surface area contributed by atoms with Gasteiger partial charge in [0.15, 0.2) is 0 Å². The Morgan fingerprint density at radius 1 is 1.09 bits per heavy atom. The van der Waals surface area contributed by atoms with E-state index >= 15 is 0 Å². The molecule has 0 aromatic heterocycles. The number of carbonyl (C=O) groups is 1. The molecule has 3 nitrogen and oxygen atoms in total. The molecule has 0 unspecified atom stereocenters. The van der Waals surface area contributed by atoms with Gasteiger partial charge in [0, 0.05) is 23.5 Å². The van der Waals surface area contributed by atoms with Crippen molar-refractivity contribution in [2.75, 3.05) is 37.2 Å². The van der Waals surface area contributed by atoms with Gasteiger partial charge < -0.3 is 10.2 Å². The Morgan fingerprint density at radius 3 is 2.36 bits per heavy atom. The van der Waals surface area contributed by atoms with E-state index in [1.54, 1.807) is 0 Å². The fourth-order valence-corrected chi connectivity index (χ4v) is 2.97. The summed E-state index contributed by atoms with van der Waals surface area (Å²) < 4.78 is 0. The Kier molecular flexibility index (Phi) is 10.0. The van der Waals surface area contributed by atoms with Crippen LogP contribution in [0.1, 0.15) is 50.4 Å². The first kappa shape index (κ1) is 19.0. The third-order valence-corrected chi connectivity index (χ3v) is 4.72. The molecule has 0 aliphatic heterocycles. The predicted octanol–water partition coefficient (Wildman–Crippen LogP) is 4.50. The number of anilines is 1. The zero-order valence-corrected chi connectivity index (χ0v) is 15.0. The molecule has 0 amide bonds. The fraction of sp³-hybridized carbons (Fsp3) is 0.611. The van der Waals surface area contributed by atoms with Gasteiger partial charge in [-0.25, -0.2) is 0 Å². The molecular formula is C18H30N2OS. The average Bonchev–Trinajstić information content (AvgIpc) is 2.55. The molecule has 1 N–H and O–H groups in total. The molecule has 124 valence electrons. The van der Waals surface area contributed by atoms with Gasteiger partial charge in [-0.3, -0.25) is 4.79 Å². The summed E-state index contributed by atoms with van der Waals surface area (Å²) in [5.41, 5.74) is 1.89. The highest BCUT2D eigenvalue weighted by Gasteiger charge is 2.07. The maximum Gasteiger partial charge on any atom is 0.219 e. The highest BCUT2D eigenvalue weighted by molar-refractivity contribution is 8.14. The topological polar surface area (TPSA) is 32.3 Å². The second kappa shape index (κ2) is 11.6. The van der Waals surface area contributed by atoms with Crippen LogP contribution in [0.4, 0.5) is 5.69 Å². The van der Waals surface area contributed by atoms with Crippen molar-refractivity contribution in [2.24, 2.45) is 0 Å². The second-order valence-electron chi connectivity index (χ2n) is 5.37. The molecule has 0 saturated carbocycles. The van der Waals surface area contributed by atoms with Crippen molar-refractivity contribution < 1.29 is 4.79 Å². The van der Waals surface area contributed by atoms with Crippen LogP contribution in [-0.2, 0) is 0 Å². The van der Waals surface area contributed by atoms with Crippen molar-refractivity contribution in [1.82, 2.24) is 4.90 Å². The minimum atomic E-state index is 0.180. The summed E-state index contributed by atoms with van der Waals surface area (Å²) in [5.74, 6) is 0.895. The molecule has 4 heteroatoms. The normalized spacial score (nSPS) is 10.9. The highest BCUT2D eigenvalue weighted by atomic mass is 32.2. The highest BCUT2D eigenvalue weighted by Crippen LogP contribution is 2.16. The monoisotopic (exact) mass is 322 g/mol. The van der Waals surface area contributed by atoms with Crippen LogP contribution in [0.3, 0.4) is 0 Å². The fourth-order valence-electron chi connectivity index (χ4n) is 2.21. The van der Waals surface area contributed by atoms with Crippen LogP contribution in [0, 0.1) is 0 Å². The first-order valence-electron chi connectivity index (χ1n) is 8.44. The van der Waals surface area contributed by atoms with E-state index in [0.717, 1.165) is 49.6 Å². The van der Waals surface area contributed by atoms with Gasteiger partial charge in [-0.1, -0.05) is 39.0 Å². The maximum absolute atomic E-state index is 12.1. The summed E-state index contributed by atoms with van der Waals surface area (Å²) in [6, 6.07) is 7.85. The number of nitrogens with zero attached hydrogens (tertiary/aromatic N) is 1. The van der Waals surface area contributed by atoms with Crippen LogP contribution < -0.4 is 5.32 Å². The number of nitrogens with one attached hydrogen (secondary N) is 1. The lowest BCUT2D eigenvalue weighted by atomic mass is 10.2. The van der Waals surface area contributed by atoms with Gasteiger partial charge in [-0.05, 0) is 56.7 Å². The zero-order chi connectivity index (χ0) is 16.2. The summed E-state index contributed by atoms with van der Waals surface area (Å²) in [6.07, 6.45) is 3.42. The Morgan fingerprint density at radius 2 is 1.77 bits per heavy atom. The number of rotatable bonds is 11. The van der Waals surface area contributed by atoms with E-state index in [0.29, 0.717) is 0 Å². The Bertz CT molecular complexity index is 416. The molecule has 0 radical (unpaired) electrons. The quantitative estimate of drug-likeness (QED) is 0.608.